The van der Waals surface area contributed by atoms with E-state index in [0.717, 1.165) is 19.7 Å². The van der Waals surface area contributed by atoms with E-state index < -0.39 is 0 Å². The Balaban J connectivity index is 1.30. The summed E-state index contributed by atoms with van der Waals surface area (Å²) < 4.78 is 10.2. The first-order valence-electron chi connectivity index (χ1n) is 12.0. The van der Waals surface area contributed by atoms with Crippen LogP contribution in [0.3, 0.4) is 0 Å². The summed E-state index contributed by atoms with van der Waals surface area (Å²) in [6.45, 7) is 5.47. The molecule has 1 heterocycles. The van der Waals surface area contributed by atoms with Crippen LogP contribution in [0.5, 0.6) is 0 Å². The molecule has 168 valence electrons. The van der Waals surface area contributed by atoms with Crippen LogP contribution in [-0.4, -0.2) is 43.0 Å². The molecule has 0 spiro atoms. The molecule has 0 amide bonds. The molecular formula is C27H38N2OS. The zero-order chi connectivity index (χ0) is 21.5. The Hall–Kier alpha value is -1.33. The van der Waals surface area contributed by atoms with E-state index in [-0.39, 0.29) is 0 Å². The van der Waals surface area contributed by atoms with Crippen molar-refractivity contribution >= 4 is 11.9 Å². The number of hydrogen-bond donors (Lipinski definition) is 1. The summed E-state index contributed by atoms with van der Waals surface area (Å²) in [5.74, 6) is 1.25. The van der Waals surface area contributed by atoms with Gasteiger partial charge >= 0.3 is 0 Å². The van der Waals surface area contributed by atoms with Crippen LogP contribution in [-0.2, 0) is 4.74 Å². The zero-order valence-electron chi connectivity index (χ0n) is 19.1. The normalized spacial score (nSPS) is 28.3. The third-order valence-corrected chi connectivity index (χ3v) is 7.89. The Kier molecular flexibility index (Phi) is 8.48. The van der Waals surface area contributed by atoms with Crippen LogP contribution in [0.1, 0.15) is 62.1 Å². The van der Waals surface area contributed by atoms with Crippen LogP contribution in [0.15, 0.2) is 60.7 Å². The fourth-order valence-corrected chi connectivity index (χ4v) is 5.99. The summed E-state index contributed by atoms with van der Waals surface area (Å²) in [7, 11) is 0. The lowest BCUT2D eigenvalue weighted by molar-refractivity contribution is -0.0212. The highest BCUT2D eigenvalue weighted by molar-refractivity contribution is 7.96. The van der Waals surface area contributed by atoms with E-state index in [1.54, 1.807) is 11.9 Å². The van der Waals surface area contributed by atoms with E-state index in [0.29, 0.717) is 30.0 Å². The average molecular weight is 439 g/mol. The van der Waals surface area contributed by atoms with Crippen LogP contribution < -0.4 is 4.72 Å². The topological polar surface area (TPSA) is 24.5 Å². The molecule has 4 heteroatoms. The van der Waals surface area contributed by atoms with Gasteiger partial charge in [0.2, 0.25) is 0 Å². The molecule has 0 aromatic heterocycles. The second kappa shape index (κ2) is 11.5. The van der Waals surface area contributed by atoms with Crippen LogP contribution in [0.2, 0.25) is 0 Å². The molecule has 0 radical (unpaired) electrons. The molecular weight excluding hydrogens is 400 g/mol. The lowest BCUT2D eigenvalue weighted by Gasteiger charge is -2.42. The van der Waals surface area contributed by atoms with Gasteiger partial charge in [-0.3, -0.25) is 9.62 Å². The molecule has 1 N–H and O–H groups in total. The van der Waals surface area contributed by atoms with Crippen molar-refractivity contribution in [1.29, 1.82) is 0 Å². The first-order chi connectivity index (χ1) is 15.2. The number of benzene rings is 2. The van der Waals surface area contributed by atoms with E-state index in [2.05, 4.69) is 83.5 Å². The predicted molar refractivity (Wildman–Crippen MR) is 132 cm³/mol. The van der Waals surface area contributed by atoms with E-state index in [1.165, 1.54) is 43.2 Å². The average Bonchev–Trinajstić information content (AvgIpc) is 2.84. The molecule has 1 aliphatic heterocycles. The number of nitrogens with zero attached hydrogens (tertiary/aromatic N) is 1. The van der Waals surface area contributed by atoms with Gasteiger partial charge in [0.1, 0.15) is 0 Å². The van der Waals surface area contributed by atoms with Crippen molar-refractivity contribution in [2.75, 3.05) is 26.0 Å². The second-order valence-electron chi connectivity index (χ2n) is 9.28. The molecule has 31 heavy (non-hydrogen) atoms. The fourth-order valence-electron chi connectivity index (χ4n) is 5.38. The molecule has 4 rings (SSSR count). The van der Waals surface area contributed by atoms with Crippen molar-refractivity contribution in [1.82, 2.24) is 9.62 Å². The van der Waals surface area contributed by atoms with Crippen molar-refractivity contribution in [2.24, 2.45) is 5.92 Å². The standard InChI is InChI=1S/C27H38N2OS/c1-21(22-9-5-3-6-10-22)29-18-17-27(28-31-2)25(19-29)20-30-26-15-13-24(14-16-26)23-11-7-4-8-12-23/h3-12,21,24-28H,13-20H2,1-2H3/t21-,24-,25-,26+,27?/m0/s1. The largest absolute Gasteiger partial charge is 0.378 e. The van der Waals surface area contributed by atoms with Gasteiger partial charge in [-0.2, -0.15) is 0 Å². The van der Waals surface area contributed by atoms with Gasteiger partial charge in [0.15, 0.2) is 0 Å². The van der Waals surface area contributed by atoms with Crippen molar-refractivity contribution < 1.29 is 4.74 Å². The Morgan fingerprint density at radius 3 is 2.32 bits per heavy atom. The van der Waals surface area contributed by atoms with E-state index >= 15 is 0 Å². The third-order valence-electron chi connectivity index (χ3n) is 7.36. The summed E-state index contributed by atoms with van der Waals surface area (Å²) in [6.07, 6.45) is 8.64. The van der Waals surface area contributed by atoms with Crippen molar-refractivity contribution in [3.8, 4) is 0 Å². The molecule has 2 aromatic carbocycles. The van der Waals surface area contributed by atoms with Gasteiger partial charge in [0, 0.05) is 31.1 Å². The first-order valence-corrected chi connectivity index (χ1v) is 13.2. The molecule has 0 bridgehead atoms. The molecule has 1 aliphatic carbocycles. The highest BCUT2D eigenvalue weighted by Crippen LogP contribution is 2.35. The highest BCUT2D eigenvalue weighted by Gasteiger charge is 2.33. The summed E-state index contributed by atoms with van der Waals surface area (Å²) in [5, 5.41) is 0. The lowest BCUT2D eigenvalue weighted by atomic mass is 9.82. The Bertz CT molecular complexity index is 763. The summed E-state index contributed by atoms with van der Waals surface area (Å²) >= 11 is 1.75. The number of piperidine rings is 1. The van der Waals surface area contributed by atoms with Crippen LogP contribution in [0.25, 0.3) is 0 Å². The number of likely N-dealkylation sites (tertiary alicyclic amines) is 1. The zero-order valence-corrected chi connectivity index (χ0v) is 19.9. The van der Waals surface area contributed by atoms with Crippen molar-refractivity contribution in [2.45, 2.75) is 63.1 Å². The molecule has 2 aliphatic rings. The van der Waals surface area contributed by atoms with Crippen LogP contribution >= 0.6 is 11.9 Å². The molecule has 2 fully saturated rings. The van der Waals surface area contributed by atoms with E-state index in [4.69, 9.17) is 4.74 Å². The minimum absolute atomic E-state index is 0.428. The van der Waals surface area contributed by atoms with Gasteiger partial charge in [-0.15, -0.1) is 0 Å². The van der Waals surface area contributed by atoms with Gasteiger partial charge < -0.3 is 4.74 Å². The third kappa shape index (κ3) is 6.13. The minimum atomic E-state index is 0.428. The lowest BCUT2D eigenvalue weighted by Crippen LogP contribution is -2.50. The Morgan fingerprint density at radius 1 is 0.968 bits per heavy atom. The maximum absolute atomic E-state index is 6.54. The first kappa shape index (κ1) is 22.8. The monoisotopic (exact) mass is 438 g/mol. The highest BCUT2D eigenvalue weighted by atomic mass is 32.2. The Morgan fingerprint density at radius 2 is 1.65 bits per heavy atom. The molecule has 3 nitrogen and oxygen atoms in total. The number of hydrogen-bond acceptors (Lipinski definition) is 4. The predicted octanol–water partition coefficient (Wildman–Crippen LogP) is 6.05. The molecule has 1 saturated carbocycles. The quantitative estimate of drug-likeness (QED) is 0.507. The summed E-state index contributed by atoms with van der Waals surface area (Å²) in [5.41, 5.74) is 2.92. The van der Waals surface area contributed by atoms with Crippen LogP contribution in [0, 0.1) is 5.92 Å². The molecule has 1 unspecified atom stereocenters. The number of rotatable bonds is 8. The summed E-state index contributed by atoms with van der Waals surface area (Å²) in [6, 6.07) is 22.9. The van der Waals surface area contributed by atoms with Gasteiger partial charge in [0.25, 0.3) is 0 Å². The summed E-state index contributed by atoms with van der Waals surface area (Å²) in [4.78, 5) is 2.65. The molecule has 2 aromatic rings. The van der Waals surface area contributed by atoms with Gasteiger partial charge in [-0.05, 0) is 62.3 Å². The second-order valence-corrected chi connectivity index (χ2v) is 9.92. The van der Waals surface area contributed by atoms with Gasteiger partial charge in [-0.1, -0.05) is 72.6 Å². The van der Waals surface area contributed by atoms with Gasteiger partial charge in [-0.25, -0.2) is 0 Å². The molecule has 3 atom stereocenters. The maximum atomic E-state index is 6.54. The number of nitrogens with one attached hydrogen (secondary N) is 1. The molecule has 1 saturated heterocycles. The van der Waals surface area contributed by atoms with E-state index in [1.807, 2.05) is 0 Å². The SMILES string of the molecule is CSNC1CCN([C@@H](C)c2ccccc2)C[C@H]1CO[C@H]1CC[C@@H](c2ccccc2)CC1. The smallest absolute Gasteiger partial charge is 0.0575 e. The van der Waals surface area contributed by atoms with Gasteiger partial charge in [0.05, 0.1) is 12.7 Å². The maximum Gasteiger partial charge on any atom is 0.0575 e. The number of ether oxygens (including phenoxy) is 1. The Labute approximate surface area is 193 Å². The van der Waals surface area contributed by atoms with E-state index in [9.17, 15) is 0 Å². The van der Waals surface area contributed by atoms with Crippen molar-refractivity contribution in [3.05, 3.63) is 71.8 Å². The minimum Gasteiger partial charge on any atom is -0.378 e. The van der Waals surface area contributed by atoms with Crippen LogP contribution in [0.4, 0.5) is 0 Å². The van der Waals surface area contributed by atoms with Crippen molar-refractivity contribution in [3.63, 3.8) is 0 Å². The fraction of sp³-hybridized carbons (Fsp3) is 0.556.